The Morgan fingerprint density at radius 2 is 2.50 bits per heavy atom. The van der Waals surface area contributed by atoms with Crippen LogP contribution in [0, 0.1) is 0 Å². The Labute approximate surface area is 93.4 Å². The summed E-state index contributed by atoms with van der Waals surface area (Å²) in [5, 5.41) is 7.71. The molecule has 5 nitrogen and oxygen atoms in total. The van der Waals surface area contributed by atoms with Gasteiger partial charge in [-0.05, 0) is 12.1 Å². The zero-order chi connectivity index (χ0) is 10.8. The van der Waals surface area contributed by atoms with Gasteiger partial charge in [0.2, 0.25) is 0 Å². The minimum Gasteiger partial charge on any atom is -0.375 e. The largest absolute Gasteiger partial charge is 0.375 e. The first-order chi connectivity index (χ1) is 7.92. The number of nitrogens with one attached hydrogen (secondary N) is 1. The minimum absolute atomic E-state index is 0.200. The van der Waals surface area contributed by atoms with Crippen LogP contribution in [-0.2, 0) is 11.2 Å². The van der Waals surface area contributed by atoms with Gasteiger partial charge in [0.05, 0.1) is 12.7 Å². The molecule has 5 heteroatoms. The second-order valence-corrected chi connectivity index (χ2v) is 3.93. The number of fused-ring (bicyclic) bond motifs is 1. The summed E-state index contributed by atoms with van der Waals surface area (Å²) in [6.45, 7) is 2.60. The number of ether oxygens (including phenoxy) is 1. The highest BCUT2D eigenvalue weighted by molar-refractivity contribution is 5.36. The van der Waals surface area contributed by atoms with Crippen LogP contribution < -0.4 is 5.32 Å². The molecular formula is C11H14N4O. The van der Waals surface area contributed by atoms with E-state index in [9.17, 15) is 0 Å². The maximum atomic E-state index is 5.63. The van der Waals surface area contributed by atoms with Crippen LogP contribution in [0.15, 0.2) is 24.4 Å². The summed E-state index contributed by atoms with van der Waals surface area (Å²) in [6.07, 6.45) is 2.88. The van der Waals surface area contributed by atoms with Gasteiger partial charge in [-0.25, -0.2) is 9.50 Å². The van der Waals surface area contributed by atoms with Crippen molar-refractivity contribution in [2.45, 2.75) is 12.5 Å². The molecule has 3 heterocycles. The molecule has 0 bridgehead atoms. The highest BCUT2D eigenvalue weighted by Crippen LogP contribution is 2.06. The van der Waals surface area contributed by atoms with E-state index >= 15 is 0 Å². The predicted octanol–water partition coefficient (Wildman–Crippen LogP) is 0.260. The van der Waals surface area contributed by atoms with Gasteiger partial charge in [0.1, 0.15) is 0 Å². The zero-order valence-electron chi connectivity index (χ0n) is 8.97. The monoisotopic (exact) mass is 218 g/mol. The van der Waals surface area contributed by atoms with Gasteiger partial charge in [-0.2, -0.15) is 5.10 Å². The van der Waals surface area contributed by atoms with E-state index in [1.807, 2.05) is 24.4 Å². The molecular weight excluding hydrogens is 204 g/mol. The van der Waals surface area contributed by atoms with Crippen LogP contribution in [0.2, 0.25) is 0 Å². The second kappa shape index (κ2) is 4.19. The zero-order valence-corrected chi connectivity index (χ0v) is 8.97. The van der Waals surface area contributed by atoms with Crippen molar-refractivity contribution < 1.29 is 4.74 Å². The molecule has 1 aliphatic heterocycles. The molecule has 0 saturated carbocycles. The number of hydrogen-bond acceptors (Lipinski definition) is 4. The van der Waals surface area contributed by atoms with E-state index in [-0.39, 0.29) is 6.10 Å². The van der Waals surface area contributed by atoms with E-state index in [1.54, 1.807) is 4.52 Å². The molecule has 0 radical (unpaired) electrons. The van der Waals surface area contributed by atoms with E-state index in [2.05, 4.69) is 15.4 Å². The molecule has 3 rings (SSSR count). The Kier molecular flexibility index (Phi) is 2.55. The fraction of sp³-hybridized carbons (Fsp3) is 0.455. The molecule has 2 aromatic rings. The van der Waals surface area contributed by atoms with Gasteiger partial charge in [-0.1, -0.05) is 6.07 Å². The normalized spacial score (nSPS) is 21.4. The van der Waals surface area contributed by atoms with Crippen molar-refractivity contribution in [3.63, 3.8) is 0 Å². The van der Waals surface area contributed by atoms with Crippen molar-refractivity contribution in [3.8, 4) is 0 Å². The number of morpholine rings is 1. The third kappa shape index (κ3) is 1.91. The number of hydrogen-bond donors (Lipinski definition) is 1. The highest BCUT2D eigenvalue weighted by atomic mass is 16.5. The first kappa shape index (κ1) is 9.74. The number of rotatable bonds is 2. The van der Waals surface area contributed by atoms with Crippen molar-refractivity contribution in [2.24, 2.45) is 0 Å². The smallest absolute Gasteiger partial charge is 0.155 e. The van der Waals surface area contributed by atoms with Crippen LogP contribution in [-0.4, -0.2) is 40.4 Å². The fourth-order valence-corrected chi connectivity index (χ4v) is 1.92. The van der Waals surface area contributed by atoms with Crippen LogP contribution >= 0.6 is 0 Å². The van der Waals surface area contributed by atoms with Gasteiger partial charge in [0.15, 0.2) is 11.5 Å². The van der Waals surface area contributed by atoms with Crippen LogP contribution in [0.1, 0.15) is 5.82 Å². The van der Waals surface area contributed by atoms with Crippen molar-refractivity contribution in [3.05, 3.63) is 30.2 Å². The van der Waals surface area contributed by atoms with E-state index in [0.29, 0.717) is 0 Å². The lowest BCUT2D eigenvalue weighted by atomic mass is 10.2. The summed E-state index contributed by atoms with van der Waals surface area (Å²) in [5.74, 6) is 0.847. The standard InChI is InChI=1S/C11H14N4O/c1-2-5-15-11(3-1)13-10(14-15)7-9-8-12-4-6-16-9/h1-3,5,9,12H,4,6-8H2. The van der Waals surface area contributed by atoms with Crippen molar-refractivity contribution in [1.82, 2.24) is 19.9 Å². The Morgan fingerprint density at radius 3 is 3.31 bits per heavy atom. The van der Waals surface area contributed by atoms with Gasteiger partial charge >= 0.3 is 0 Å². The first-order valence-electron chi connectivity index (χ1n) is 5.54. The lowest BCUT2D eigenvalue weighted by Crippen LogP contribution is -2.39. The fourth-order valence-electron chi connectivity index (χ4n) is 1.92. The third-order valence-electron chi connectivity index (χ3n) is 2.70. The third-order valence-corrected chi connectivity index (χ3v) is 2.70. The molecule has 1 fully saturated rings. The molecule has 16 heavy (non-hydrogen) atoms. The van der Waals surface area contributed by atoms with Crippen LogP contribution in [0.3, 0.4) is 0 Å². The highest BCUT2D eigenvalue weighted by Gasteiger charge is 2.16. The molecule has 2 aromatic heterocycles. The average Bonchev–Trinajstić information content (AvgIpc) is 2.72. The molecule has 1 N–H and O–H groups in total. The topological polar surface area (TPSA) is 51.5 Å². The molecule has 0 aromatic carbocycles. The van der Waals surface area contributed by atoms with Crippen molar-refractivity contribution in [2.75, 3.05) is 19.7 Å². The Morgan fingerprint density at radius 1 is 1.50 bits per heavy atom. The van der Waals surface area contributed by atoms with E-state index in [1.165, 1.54) is 0 Å². The van der Waals surface area contributed by atoms with Gasteiger partial charge < -0.3 is 10.1 Å². The Balaban J connectivity index is 1.78. The maximum Gasteiger partial charge on any atom is 0.155 e. The van der Waals surface area contributed by atoms with Crippen LogP contribution in [0.4, 0.5) is 0 Å². The lowest BCUT2D eigenvalue weighted by molar-refractivity contribution is 0.0281. The molecule has 1 unspecified atom stereocenters. The van der Waals surface area contributed by atoms with Crippen molar-refractivity contribution >= 4 is 5.65 Å². The summed E-state index contributed by atoms with van der Waals surface area (Å²) >= 11 is 0. The lowest BCUT2D eigenvalue weighted by Gasteiger charge is -2.22. The molecule has 1 atom stereocenters. The summed E-state index contributed by atoms with van der Waals surface area (Å²) < 4.78 is 7.42. The molecule has 1 aliphatic rings. The molecule has 0 spiro atoms. The summed E-state index contributed by atoms with van der Waals surface area (Å²) in [5.41, 5.74) is 0.890. The van der Waals surface area contributed by atoms with Crippen LogP contribution in [0.25, 0.3) is 5.65 Å². The van der Waals surface area contributed by atoms with Crippen LogP contribution in [0.5, 0.6) is 0 Å². The predicted molar refractivity (Wildman–Crippen MR) is 59.3 cm³/mol. The Bertz CT molecular complexity index is 443. The van der Waals surface area contributed by atoms with Gasteiger partial charge in [0, 0.05) is 25.7 Å². The molecule has 0 aliphatic carbocycles. The Hall–Kier alpha value is -1.46. The number of nitrogens with zero attached hydrogens (tertiary/aromatic N) is 3. The molecule has 0 amide bonds. The van der Waals surface area contributed by atoms with E-state index in [4.69, 9.17) is 4.74 Å². The average molecular weight is 218 g/mol. The number of aromatic nitrogens is 3. The summed E-state index contributed by atoms with van der Waals surface area (Å²) in [4.78, 5) is 4.45. The number of pyridine rings is 1. The minimum atomic E-state index is 0.200. The quantitative estimate of drug-likeness (QED) is 0.785. The van der Waals surface area contributed by atoms with Gasteiger partial charge in [-0.15, -0.1) is 0 Å². The summed E-state index contributed by atoms with van der Waals surface area (Å²) in [7, 11) is 0. The first-order valence-corrected chi connectivity index (χ1v) is 5.54. The van der Waals surface area contributed by atoms with E-state index < -0.39 is 0 Å². The van der Waals surface area contributed by atoms with Crippen molar-refractivity contribution in [1.29, 1.82) is 0 Å². The molecule has 84 valence electrons. The SMILES string of the molecule is c1ccn2nc(CC3CNCCO3)nc2c1. The summed E-state index contributed by atoms with van der Waals surface area (Å²) in [6, 6.07) is 5.87. The maximum absolute atomic E-state index is 5.63. The van der Waals surface area contributed by atoms with Gasteiger partial charge in [-0.3, -0.25) is 0 Å². The van der Waals surface area contributed by atoms with E-state index in [0.717, 1.165) is 37.6 Å². The second-order valence-electron chi connectivity index (χ2n) is 3.93. The molecule has 1 saturated heterocycles. The van der Waals surface area contributed by atoms with Gasteiger partial charge in [0.25, 0.3) is 0 Å².